The van der Waals surface area contributed by atoms with E-state index in [2.05, 4.69) is 22.5 Å². The summed E-state index contributed by atoms with van der Waals surface area (Å²) in [5, 5.41) is 16.6. The fraction of sp³-hybridized carbons (Fsp3) is 0.667. The van der Waals surface area contributed by atoms with Gasteiger partial charge in [-0.05, 0) is 25.2 Å². The highest BCUT2D eigenvalue weighted by Gasteiger charge is 2.28. The molecule has 1 aliphatic heterocycles. The first-order valence-electron chi connectivity index (χ1n) is 7.53. The van der Waals surface area contributed by atoms with E-state index in [1.165, 1.54) is 0 Å². The summed E-state index contributed by atoms with van der Waals surface area (Å²) >= 11 is 0. The van der Waals surface area contributed by atoms with Gasteiger partial charge in [0.15, 0.2) is 0 Å². The lowest BCUT2D eigenvalue weighted by molar-refractivity contribution is -0.125. The van der Waals surface area contributed by atoms with Crippen LogP contribution in [0, 0.1) is 11.8 Å². The summed E-state index contributed by atoms with van der Waals surface area (Å²) in [6, 6.07) is -1.16. The Bertz CT molecular complexity index is 437. The summed E-state index contributed by atoms with van der Waals surface area (Å²) < 4.78 is 0. The minimum Gasteiger partial charge on any atom is -0.465 e. The van der Waals surface area contributed by atoms with Gasteiger partial charge in [-0.15, -0.1) is 6.58 Å². The smallest absolute Gasteiger partial charge is 0.405 e. The normalized spacial score (nSPS) is 20.1. The Balaban J connectivity index is 2.61. The van der Waals surface area contributed by atoms with Crippen LogP contribution in [0.4, 0.5) is 4.79 Å². The van der Waals surface area contributed by atoms with Crippen molar-refractivity contribution in [2.45, 2.75) is 45.2 Å². The van der Waals surface area contributed by atoms with Crippen LogP contribution in [0.25, 0.3) is 0 Å². The van der Waals surface area contributed by atoms with Crippen molar-refractivity contribution in [2.24, 2.45) is 11.8 Å². The predicted molar refractivity (Wildman–Crippen MR) is 82.3 cm³/mol. The first kappa shape index (κ1) is 18.0. The van der Waals surface area contributed by atoms with Crippen LogP contribution in [-0.4, -0.2) is 41.6 Å². The molecule has 0 spiro atoms. The number of carbonyl (C=O) groups excluding carboxylic acids is 2. The largest absolute Gasteiger partial charge is 0.465 e. The van der Waals surface area contributed by atoms with Crippen molar-refractivity contribution in [3.8, 4) is 0 Å². The minimum absolute atomic E-state index is 0.0107. The monoisotopic (exact) mass is 311 g/mol. The molecular formula is C15H25N3O4. The summed E-state index contributed by atoms with van der Waals surface area (Å²) in [7, 11) is 0. The van der Waals surface area contributed by atoms with Crippen LogP contribution in [0.5, 0.6) is 0 Å². The van der Waals surface area contributed by atoms with E-state index >= 15 is 0 Å². The van der Waals surface area contributed by atoms with E-state index in [0.717, 1.165) is 6.42 Å². The predicted octanol–water partition coefficient (Wildman–Crippen LogP) is 0.866. The quantitative estimate of drug-likeness (QED) is 0.499. The Morgan fingerprint density at radius 3 is 2.59 bits per heavy atom. The maximum Gasteiger partial charge on any atom is 0.405 e. The molecule has 0 radical (unpaired) electrons. The molecule has 0 aromatic heterocycles. The molecule has 0 aromatic rings. The van der Waals surface area contributed by atoms with Gasteiger partial charge < -0.3 is 21.1 Å². The second-order valence-electron chi connectivity index (χ2n) is 5.99. The molecule has 22 heavy (non-hydrogen) atoms. The fourth-order valence-electron chi connectivity index (χ4n) is 2.53. The number of carboxylic acid groups (broad SMARTS) is 1. The van der Waals surface area contributed by atoms with Crippen LogP contribution in [0.1, 0.15) is 33.1 Å². The lowest BCUT2D eigenvalue weighted by atomic mass is 9.97. The van der Waals surface area contributed by atoms with Gasteiger partial charge in [0.2, 0.25) is 11.8 Å². The van der Waals surface area contributed by atoms with E-state index in [9.17, 15) is 14.4 Å². The number of hydrogen-bond acceptors (Lipinski definition) is 3. The minimum atomic E-state index is -1.23. The average Bonchev–Trinajstić information content (AvgIpc) is 2.81. The Labute approximate surface area is 130 Å². The molecule has 0 unspecified atom stereocenters. The highest BCUT2D eigenvalue weighted by molar-refractivity contribution is 5.86. The molecule has 1 aliphatic rings. The highest BCUT2D eigenvalue weighted by atomic mass is 16.4. The Hall–Kier alpha value is -2.05. The summed E-state index contributed by atoms with van der Waals surface area (Å²) in [5.74, 6) is -0.368. The molecule has 0 saturated carbocycles. The molecule has 124 valence electrons. The van der Waals surface area contributed by atoms with E-state index < -0.39 is 12.1 Å². The molecule has 1 heterocycles. The van der Waals surface area contributed by atoms with Crippen LogP contribution >= 0.6 is 0 Å². The van der Waals surface area contributed by atoms with Crippen molar-refractivity contribution in [1.82, 2.24) is 16.0 Å². The van der Waals surface area contributed by atoms with Crippen molar-refractivity contribution in [1.29, 1.82) is 0 Å². The van der Waals surface area contributed by atoms with Gasteiger partial charge in [0.05, 0.1) is 0 Å². The van der Waals surface area contributed by atoms with Crippen molar-refractivity contribution in [3.05, 3.63) is 12.7 Å². The van der Waals surface area contributed by atoms with E-state index in [0.29, 0.717) is 19.4 Å². The number of carbonyl (C=O) groups is 3. The lowest BCUT2D eigenvalue weighted by Crippen LogP contribution is -2.50. The van der Waals surface area contributed by atoms with Crippen LogP contribution < -0.4 is 16.0 Å². The molecule has 0 bridgehead atoms. The number of hydrogen-bond donors (Lipinski definition) is 4. The maximum absolute atomic E-state index is 12.3. The molecule has 1 saturated heterocycles. The van der Waals surface area contributed by atoms with Crippen molar-refractivity contribution in [2.75, 3.05) is 6.54 Å². The zero-order valence-corrected chi connectivity index (χ0v) is 13.1. The second kappa shape index (κ2) is 8.41. The molecule has 3 atom stereocenters. The zero-order valence-electron chi connectivity index (χ0n) is 13.1. The van der Waals surface area contributed by atoms with Crippen molar-refractivity contribution in [3.63, 3.8) is 0 Å². The Morgan fingerprint density at radius 2 is 2.14 bits per heavy atom. The van der Waals surface area contributed by atoms with Gasteiger partial charge >= 0.3 is 6.09 Å². The van der Waals surface area contributed by atoms with Gasteiger partial charge in [-0.2, -0.15) is 0 Å². The molecule has 1 fully saturated rings. The van der Waals surface area contributed by atoms with E-state index in [1.807, 2.05) is 13.8 Å². The van der Waals surface area contributed by atoms with E-state index in [-0.39, 0.29) is 29.7 Å². The molecular weight excluding hydrogens is 286 g/mol. The lowest BCUT2D eigenvalue weighted by Gasteiger charge is -2.23. The third-order valence-corrected chi connectivity index (χ3v) is 3.63. The average molecular weight is 311 g/mol. The first-order chi connectivity index (χ1) is 10.3. The zero-order chi connectivity index (χ0) is 16.7. The summed E-state index contributed by atoms with van der Waals surface area (Å²) in [4.78, 5) is 34.7. The van der Waals surface area contributed by atoms with Crippen LogP contribution in [-0.2, 0) is 9.59 Å². The second-order valence-corrected chi connectivity index (χ2v) is 5.99. The third kappa shape index (κ3) is 5.75. The summed E-state index contributed by atoms with van der Waals surface area (Å²) in [6.45, 7) is 8.16. The fourth-order valence-corrected chi connectivity index (χ4v) is 2.53. The van der Waals surface area contributed by atoms with Gasteiger partial charge in [-0.25, -0.2) is 4.79 Å². The number of amides is 3. The maximum atomic E-state index is 12.3. The van der Waals surface area contributed by atoms with E-state index in [1.54, 1.807) is 6.08 Å². The molecule has 0 aliphatic carbocycles. The van der Waals surface area contributed by atoms with Gasteiger partial charge in [0.1, 0.15) is 6.04 Å². The van der Waals surface area contributed by atoms with Crippen molar-refractivity contribution < 1.29 is 19.5 Å². The third-order valence-electron chi connectivity index (χ3n) is 3.63. The summed E-state index contributed by atoms with van der Waals surface area (Å²) in [6.07, 6.45) is 1.97. The highest BCUT2D eigenvalue weighted by Crippen LogP contribution is 2.17. The molecule has 4 N–H and O–H groups in total. The van der Waals surface area contributed by atoms with Gasteiger partial charge in [0.25, 0.3) is 0 Å². The van der Waals surface area contributed by atoms with Gasteiger partial charge in [-0.3, -0.25) is 9.59 Å². The number of rotatable bonds is 8. The Kier molecular flexibility index (Phi) is 6.88. The van der Waals surface area contributed by atoms with Crippen LogP contribution in [0.15, 0.2) is 12.7 Å². The SMILES string of the molecule is C=C[C@H](C[C@@H]1CCNC1=O)NC(=O)[C@H](CC(C)C)NC(=O)O. The summed E-state index contributed by atoms with van der Waals surface area (Å²) in [5.41, 5.74) is 0. The van der Waals surface area contributed by atoms with E-state index in [4.69, 9.17) is 5.11 Å². The first-order valence-corrected chi connectivity index (χ1v) is 7.53. The Morgan fingerprint density at radius 1 is 1.45 bits per heavy atom. The van der Waals surface area contributed by atoms with Gasteiger partial charge in [0, 0.05) is 18.5 Å². The van der Waals surface area contributed by atoms with Crippen molar-refractivity contribution >= 4 is 17.9 Å². The number of nitrogens with one attached hydrogen (secondary N) is 3. The molecule has 1 rings (SSSR count). The molecule has 7 heteroatoms. The van der Waals surface area contributed by atoms with Crippen LogP contribution in [0.3, 0.4) is 0 Å². The molecule has 0 aromatic carbocycles. The topological polar surface area (TPSA) is 108 Å². The molecule has 7 nitrogen and oxygen atoms in total. The molecule has 3 amide bonds. The van der Waals surface area contributed by atoms with Crippen LogP contribution in [0.2, 0.25) is 0 Å². The standard InChI is InChI=1S/C15H25N3O4/c1-4-11(8-10-5-6-16-13(10)19)17-14(20)12(7-9(2)3)18-15(21)22/h4,9-12,18H,1,5-8H2,2-3H3,(H,16,19)(H,17,20)(H,21,22)/t10-,11+,12-/m0/s1. The van der Waals surface area contributed by atoms with Gasteiger partial charge in [-0.1, -0.05) is 19.9 Å².